The number of hydrogen-bond donors (Lipinski definition) is 0. The van der Waals surface area contributed by atoms with E-state index in [4.69, 9.17) is 13.6 Å². The summed E-state index contributed by atoms with van der Waals surface area (Å²) >= 11 is 0. The number of benzene rings is 2. The lowest BCUT2D eigenvalue weighted by Gasteiger charge is -2.06. The third kappa shape index (κ3) is 4.32. The molecule has 0 atom stereocenters. The van der Waals surface area contributed by atoms with Crippen molar-refractivity contribution in [1.29, 1.82) is 0 Å². The standard InChI is InChI=1S/C23H18FNO6/c1-13-19(25-21(30-13)14-3-6-16(24)7-4-14)9-10-29-17-8-5-15-11-18(22(26)28-2)23(27)31-20(15)12-17/h3-8,11-12H,9-10H2,1-2H3. The first kappa shape index (κ1) is 20.3. The summed E-state index contributed by atoms with van der Waals surface area (Å²) in [6, 6.07) is 12.3. The lowest BCUT2D eigenvalue weighted by atomic mass is 10.2. The number of hydrogen-bond acceptors (Lipinski definition) is 7. The van der Waals surface area contributed by atoms with Crippen LogP contribution in [0.4, 0.5) is 4.39 Å². The summed E-state index contributed by atoms with van der Waals surface area (Å²) in [6.07, 6.45) is 0.486. The van der Waals surface area contributed by atoms with Gasteiger partial charge in [0.15, 0.2) is 0 Å². The molecule has 4 aromatic rings. The minimum atomic E-state index is -0.775. The zero-order valence-corrected chi connectivity index (χ0v) is 16.8. The van der Waals surface area contributed by atoms with Crippen molar-refractivity contribution in [3.63, 3.8) is 0 Å². The number of halogens is 1. The van der Waals surface area contributed by atoms with Crippen LogP contribution in [-0.2, 0) is 11.2 Å². The first-order valence-corrected chi connectivity index (χ1v) is 9.46. The number of oxazole rings is 1. The predicted octanol–water partition coefficient (Wildman–Crippen LogP) is 4.30. The zero-order chi connectivity index (χ0) is 22.0. The van der Waals surface area contributed by atoms with Gasteiger partial charge in [-0.15, -0.1) is 0 Å². The molecule has 0 N–H and O–H groups in total. The van der Waals surface area contributed by atoms with Crippen LogP contribution in [0.2, 0.25) is 0 Å². The number of nitrogens with zero attached hydrogens (tertiary/aromatic N) is 1. The van der Waals surface area contributed by atoms with Crippen molar-refractivity contribution in [3.8, 4) is 17.2 Å². The van der Waals surface area contributed by atoms with E-state index in [1.54, 1.807) is 37.3 Å². The van der Waals surface area contributed by atoms with Crippen molar-refractivity contribution in [2.75, 3.05) is 13.7 Å². The van der Waals surface area contributed by atoms with Crippen LogP contribution in [0.5, 0.6) is 5.75 Å². The molecule has 2 aromatic carbocycles. The highest BCUT2D eigenvalue weighted by Crippen LogP contribution is 2.24. The van der Waals surface area contributed by atoms with E-state index in [0.29, 0.717) is 47.0 Å². The molecule has 0 saturated heterocycles. The largest absolute Gasteiger partial charge is 0.493 e. The molecular weight excluding hydrogens is 405 g/mol. The van der Waals surface area contributed by atoms with E-state index in [1.165, 1.54) is 25.3 Å². The van der Waals surface area contributed by atoms with Crippen LogP contribution in [0, 0.1) is 12.7 Å². The molecule has 0 spiro atoms. The van der Waals surface area contributed by atoms with Crippen LogP contribution in [0.15, 0.2) is 62.2 Å². The molecule has 31 heavy (non-hydrogen) atoms. The second-order valence-corrected chi connectivity index (χ2v) is 6.77. The van der Waals surface area contributed by atoms with Gasteiger partial charge in [0.25, 0.3) is 0 Å². The second kappa shape index (κ2) is 8.43. The van der Waals surface area contributed by atoms with Crippen LogP contribution in [0.3, 0.4) is 0 Å². The zero-order valence-electron chi connectivity index (χ0n) is 16.8. The Hall–Kier alpha value is -3.94. The number of methoxy groups -OCH3 is 1. The molecule has 158 valence electrons. The maximum Gasteiger partial charge on any atom is 0.351 e. The van der Waals surface area contributed by atoms with Crippen LogP contribution in [0.1, 0.15) is 21.8 Å². The molecule has 0 amide bonds. The molecular formula is C23H18FNO6. The third-order valence-electron chi connectivity index (χ3n) is 4.70. The third-order valence-corrected chi connectivity index (χ3v) is 4.70. The van der Waals surface area contributed by atoms with Gasteiger partial charge in [0.1, 0.15) is 28.5 Å². The van der Waals surface area contributed by atoms with Crippen molar-refractivity contribution in [2.24, 2.45) is 0 Å². The maximum absolute atomic E-state index is 13.1. The predicted molar refractivity (Wildman–Crippen MR) is 110 cm³/mol. The summed E-state index contributed by atoms with van der Waals surface area (Å²) in [5.74, 6) is 0.498. The van der Waals surface area contributed by atoms with Gasteiger partial charge in [-0.1, -0.05) is 0 Å². The number of carbonyl (C=O) groups is 1. The summed E-state index contributed by atoms with van der Waals surface area (Å²) in [5.41, 5.74) is 0.776. The maximum atomic E-state index is 13.1. The molecule has 8 heteroatoms. The Balaban J connectivity index is 1.45. The van der Waals surface area contributed by atoms with E-state index in [0.717, 1.165) is 5.69 Å². The highest BCUT2D eigenvalue weighted by Gasteiger charge is 2.15. The molecule has 2 heterocycles. The average molecular weight is 423 g/mol. The van der Waals surface area contributed by atoms with E-state index in [-0.39, 0.29) is 11.4 Å². The van der Waals surface area contributed by atoms with Gasteiger partial charge in [0.2, 0.25) is 5.89 Å². The first-order chi connectivity index (χ1) is 14.9. The number of rotatable bonds is 6. The van der Waals surface area contributed by atoms with Crippen molar-refractivity contribution in [1.82, 2.24) is 4.98 Å². The van der Waals surface area contributed by atoms with Crippen molar-refractivity contribution in [3.05, 3.63) is 81.8 Å². The fourth-order valence-electron chi connectivity index (χ4n) is 3.08. The lowest BCUT2D eigenvalue weighted by Crippen LogP contribution is -2.14. The van der Waals surface area contributed by atoms with Gasteiger partial charge in [-0.25, -0.2) is 19.0 Å². The Bertz CT molecular complexity index is 1310. The summed E-state index contributed by atoms with van der Waals surface area (Å²) in [7, 11) is 1.20. The Labute approximate surface area is 176 Å². The minimum absolute atomic E-state index is 0.165. The van der Waals surface area contributed by atoms with Crippen LogP contribution < -0.4 is 10.4 Å². The molecule has 4 rings (SSSR count). The molecule has 7 nitrogen and oxygen atoms in total. The van der Waals surface area contributed by atoms with Gasteiger partial charge in [-0.05, 0) is 49.4 Å². The second-order valence-electron chi connectivity index (χ2n) is 6.77. The molecule has 0 saturated carbocycles. The highest BCUT2D eigenvalue weighted by molar-refractivity contribution is 5.92. The number of ether oxygens (including phenoxy) is 2. The molecule has 2 aromatic heterocycles. The number of carbonyl (C=O) groups excluding carboxylic acids is 1. The normalized spacial score (nSPS) is 10.9. The van der Waals surface area contributed by atoms with Gasteiger partial charge < -0.3 is 18.3 Å². The highest BCUT2D eigenvalue weighted by atomic mass is 19.1. The van der Waals surface area contributed by atoms with Gasteiger partial charge in [0, 0.05) is 23.4 Å². The Morgan fingerprint density at radius 2 is 1.87 bits per heavy atom. The summed E-state index contributed by atoms with van der Waals surface area (Å²) in [5, 5.41) is 0.573. The smallest absolute Gasteiger partial charge is 0.351 e. The SMILES string of the molecule is COC(=O)c1cc2ccc(OCCc3nc(-c4ccc(F)cc4)oc3C)cc2oc1=O. The van der Waals surface area contributed by atoms with Crippen LogP contribution in [-0.4, -0.2) is 24.7 Å². The van der Waals surface area contributed by atoms with Crippen LogP contribution in [0.25, 0.3) is 22.4 Å². The minimum Gasteiger partial charge on any atom is -0.493 e. The van der Waals surface area contributed by atoms with Gasteiger partial charge >= 0.3 is 11.6 Å². The Kier molecular flexibility index (Phi) is 5.53. The van der Waals surface area contributed by atoms with Crippen molar-refractivity contribution in [2.45, 2.75) is 13.3 Å². The molecule has 0 aliphatic rings. The van der Waals surface area contributed by atoms with E-state index in [1.807, 2.05) is 0 Å². The summed E-state index contributed by atoms with van der Waals surface area (Å²) < 4.78 is 34.3. The molecule has 0 aliphatic carbocycles. The van der Waals surface area contributed by atoms with E-state index < -0.39 is 11.6 Å². The molecule has 0 bridgehead atoms. The first-order valence-electron chi connectivity index (χ1n) is 9.46. The fourth-order valence-corrected chi connectivity index (χ4v) is 3.08. The Morgan fingerprint density at radius 3 is 2.61 bits per heavy atom. The van der Waals surface area contributed by atoms with E-state index in [2.05, 4.69) is 9.72 Å². The lowest BCUT2D eigenvalue weighted by molar-refractivity contribution is 0.0596. The monoisotopic (exact) mass is 423 g/mol. The topological polar surface area (TPSA) is 91.8 Å². The van der Waals surface area contributed by atoms with Gasteiger partial charge in [-0.3, -0.25) is 0 Å². The Morgan fingerprint density at radius 1 is 1.10 bits per heavy atom. The van der Waals surface area contributed by atoms with E-state index >= 15 is 0 Å². The number of fused-ring (bicyclic) bond motifs is 1. The van der Waals surface area contributed by atoms with Crippen molar-refractivity contribution >= 4 is 16.9 Å². The number of aryl methyl sites for hydroxylation is 1. The van der Waals surface area contributed by atoms with Gasteiger partial charge in [-0.2, -0.15) is 0 Å². The van der Waals surface area contributed by atoms with Crippen LogP contribution >= 0.6 is 0 Å². The molecule has 0 aliphatic heterocycles. The number of aromatic nitrogens is 1. The molecule has 0 fully saturated rings. The average Bonchev–Trinajstić information content (AvgIpc) is 3.13. The fraction of sp³-hybridized carbons (Fsp3) is 0.174. The summed E-state index contributed by atoms with van der Waals surface area (Å²) in [4.78, 5) is 28.1. The molecule has 0 radical (unpaired) electrons. The quantitative estimate of drug-likeness (QED) is 0.337. The molecule has 0 unspecified atom stereocenters. The van der Waals surface area contributed by atoms with Crippen molar-refractivity contribution < 1.29 is 27.5 Å². The number of esters is 1. The van der Waals surface area contributed by atoms with E-state index in [9.17, 15) is 14.0 Å². The summed E-state index contributed by atoms with van der Waals surface area (Å²) in [6.45, 7) is 2.12. The van der Waals surface area contributed by atoms with Gasteiger partial charge in [0.05, 0.1) is 19.4 Å².